The number of hydrogen-bond donors (Lipinski definition) is 0. The molecule has 0 amide bonds. The maximum Gasteiger partial charge on any atom is 0.197 e. The maximum atomic E-state index is 12.8. The Morgan fingerprint density at radius 1 is 1.00 bits per heavy atom. The van der Waals surface area contributed by atoms with Crippen LogP contribution < -0.4 is 4.74 Å². The highest BCUT2D eigenvalue weighted by molar-refractivity contribution is 6.17. The molecule has 1 heterocycles. The van der Waals surface area contributed by atoms with Crippen molar-refractivity contribution in [1.29, 1.82) is 0 Å². The van der Waals surface area contributed by atoms with E-state index in [0.717, 1.165) is 10.9 Å². The van der Waals surface area contributed by atoms with Crippen LogP contribution in [0, 0.1) is 0 Å². The van der Waals surface area contributed by atoms with Crippen LogP contribution in [0.2, 0.25) is 0 Å². The average molecular weight is 265 g/mol. The molecule has 2 aromatic carbocycles. The lowest BCUT2D eigenvalue weighted by atomic mass is 9.99. The lowest BCUT2D eigenvalue weighted by molar-refractivity contribution is 0.103. The highest BCUT2D eigenvalue weighted by Crippen LogP contribution is 2.26. The molecule has 3 rings (SSSR count). The number of carbonyl (C=O) groups is 1. The quantitative estimate of drug-likeness (QED) is 0.679. The van der Waals surface area contributed by atoms with Crippen molar-refractivity contribution in [1.82, 2.24) is 4.57 Å². The van der Waals surface area contributed by atoms with Gasteiger partial charge in [-0.1, -0.05) is 24.3 Å². The first-order chi connectivity index (χ1) is 9.72. The Labute approximate surface area is 117 Å². The number of para-hydroxylation sites is 1. The first-order valence-corrected chi connectivity index (χ1v) is 6.44. The Kier molecular flexibility index (Phi) is 3.03. The average Bonchev–Trinajstić information content (AvgIpc) is 2.88. The predicted molar refractivity (Wildman–Crippen MR) is 79.3 cm³/mol. The summed E-state index contributed by atoms with van der Waals surface area (Å²) in [5.41, 5.74) is 2.34. The fraction of sp³-hybridized carbons (Fsp3) is 0.118. The van der Waals surface area contributed by atoms with E-state index in [9.17, 15) is 4.79 Å². The van der Waals surface area contributed by atoms with E-state index in [1.165, 1.54) is 0 Å². The van der Waals surface area contributed by atoms with Crippen molar-refractivity contribution in [2.75, 3.05) is 7.11 Å². The normalized spacial score (nSPS) is 10.7. The number of rotatable bonds is 3. The molecule has 0 bridgehead atoms. The number of benzene rings is 2. The molecule has 1 aromatic heterocycles. The zero-order valence-corrected chi connectivity index (χ0v) is 11.5. The largest absolute Gasteiger partial charge is 0.496 e. The summed E-state index contributed by atoms with van der Waals surface area (Å²) in [4.78, 5) is 12.8. The van der Waals surface area contributed by atoms with Crippen LogP contribution in [-0.2, 0) is 7.05 Å². The van der Waals surface area contributed by atoms with Gasteiger partial charge in [0.15, 0.2) is 5.78 Å². The Balaban J connectivity index is 2.18. The lowest BCUT2D eigenvalue weighted by Gasteiger charge is -2.08. The van der Waals surface area contributed by atoms with Gasteiger partial charge in [0.25, 0.3) is 0 Å². The molecule has 0 aliphatic heterocycles. The van der Waals surface area contributed by atoms with Crippen molar-refractivity contribution < 1.29 is 9.53 Å². The van der Waals surface area contributed by atoms with Gasteiger partial charge in [-0.05, 0) is 24.3 Å². The van der Waals surface area contributed by atoms with E-state index in [1.807, 2.05) is 54.2 Å². The third-order valence-electron chi connectivity index (χ3n) is 3.52. The summed E-state index contributed by atoms with van der Waals surface area (Å²) in [6.45, 7) is 0. The number of fused-ring (bicyclic) bond motifs is 1. The third-order valence-corrected chi connectivity index (χ3v) is 3.52. The Bertz CT molecular complexity index is 787. The van der Waals surface area contributed by atoms with Crippen LogP contribution in [-0.4, -0.2) is 17.5 Å². The molecule has 0 atom stereocenters. The summed E-state index contributed by atoms with van der Waals surface area (Å²) in [5.74, 6) is 0.588. The number of aryl methyl sites for hydroxylation is 1. The fourth-order valence-electron chi connectivity index (χ4n) is 2.48. The van der Waals surface area contributed by atoms with Gasteiger partial charge < -0.3 is 9.30 Å². The van der Waals surface area contributed by atoms with E-state index in [4.69, 9.17) is 4.74 Å². The van der Waals surface area contributed by atoms with Crippen LogP contribution >= 0.6 is 0 Å². The van der Waals surface area contributed by atoms with E-state index >= 15 is 0 Å². The van der Waals surface area contributed by atoms with Gasteiger partial charge in [0.05, 0.1) is 12.7 Å². The van der Waals surface area contributed by atoms with Gasteiger partial charge in [-0.15, -0.1) is 0 Å². The highest BCUT2D eigenvalue weighted by atomic mass is 16.5. The number of ether oxygens (including phenoxy) is 1. The van der Waals surface area contributed by atoms with Crippen molar-refractivity contribution in [2.45, 2.75) is 0 Å². The summed E-state index contributed by atoms with van der Waals surface area (Å²) in [7, 11) is 3.55. The number of hydrogen-bond acceptors (Lipinski definition) is 2. The standard InChI is InChI=1S/C17H15NO2/c1-18-11-10-12-13(7-5-8-15(12)18)17(19)14-6-3-4-9-16(14)20-2/h3-11H,1-2H3. The minimum Gasteiger partial charge on any atom is -0.496 e. The number of methoxy groups -OCH3 is 1. The summed E-state index contributed by atoms with van der Waals surface area (Å²) in [6, 6.07) is 15.1. The molecule has 0 saturated carbocycles. The van der Waals surface area contributed by atoms with Crippen molar-refractivity contribution in [2.24, 2.45) is 7.05 Å². The summed E-state index contributed by atoms with van der Waals surface area (Å²) in [5, 5.41) is 0.964. The molecule has 0 aliphatic carbocycles. The van der Waals surface area contributed by atoms with Gasteiger partial charge in [0.1, 0.15) is 5.75 Å². The predicted octanol–water partition coefficient (Wildman–Crippen LogP) is 3.42. The molecule has 100 valence electrons. The Morgan fingerprint density at radius 2 is 1.75 bits per heavy atom. The zero-order chi connectivity index (χ0) is 14.1. The number of ketones is 1. The number of carbonyl (C=O) groups excluding carboxylic acids is 1. The van der Waals surface area contributed by atoms with Gasteiger partial charge in [0, 0.05) is 29.7 Å². The molecule has 3 aromatic rings. The van der Waals surface area contributed by atoms with Crippen LogP contribution in [0.15, 0.2) is 54.7 Å². The molecular formula is C17H15NO2. The van der Waals surface area contributed by atoms with Gasteiger partial charge >= 0.3 is 0 Å². The summed E-state index contributed by atoms with van der Waals surface area (Å²) in [6.07, 6.45) is 1.96. The molecule has 0 radical (unpaired) electrons. The van der Waals surface area contributed by atoms with Crippen molar-refractivity contribution in [3.05, 3.63) is 65.9 Å². The molecule has 3 heteroatoms. The molecule has 0 fully saturated rings. The van der Waals surface area contributed by atoms with Crippen LogP contribution in [0.25, 0.3) is 10.9 Å². The molecular weight excluding hydrogens is 250 g/mol. The van der Waals surface area contributed by atoms with Crippen LogP contribution in [0.1, 0.15) is 15.9 Å². The Morgan fingerprint density at radius 3 is 2.55 bits per heavy atom. The van der Waals surface area contributed by atoms with E-state index in [0.29, 0.717) is 16.9 Å². The second-order valence-electron chi connectivity index (χ2n) is 4.69. The molecule has 20 heavy (non-hydrogen) atoms. The monoisotopic (exact) mass is 265 g/mol. The topological polar surface area (TPSA) is 31.2 Å². The lowest BCUT2D eigenvalue weighted by Crippen LogP contribution is -2.04. The van der Waals surface area contributed by atoms with Crippen molar-refractivity contribution in [3.8, 4) is 5.75 Å². The minimum atomic E-state index is -0.0146. The van der Waals surface area contributed by atoms with E-state index in [-0.39, 0.29) is 5.78 Å². The zero-order valence-electron chi connectivity index (χ0n) is 11.5. The first-order valence-electron chi connectivity index (χ1n) is 6.44. The second-order valence-corrected chi connectivity index (χ2v) is 4.69. The highest BCUT2D eigenvalue weighted by Gasteiger charge is 2.16. The molecule has 0 N–H and O–H groups in total. The van der Waals surface area contributed by atoms with E-state index in [2.05, 4.69) is 0 Å². The Hall–Kier alpha value is -2.55. The second kappa shape index (κ2) is 4.85. The van der Waals surface area contributed by atoms with Gasteiger partial charge in [0.2, 0.25) is 0 Å². The van der Waals surface area contributed by atoms with Gasteiger partial charge in [-0.3, -0.25) is 4.79 Å². The summed E-state index contributed by atoms with van der Waals surface area (Å²) < 4.78 is 7.29. The molecule has 0 aliphatic rings. The molecule has 0 saturated heterocycles. The third kappa shape index (κ3) is 1.88. The fourth-order valence-corrected chi connectivity index (χ4v) is 2.48. The number of nitrogens with zero attached hydrogens (tertiary/aromatic N) is 1. The molecule has 0 unspecified atom stereocenters. The first kappa shape index (κ1) is 12.5. The van der Waals surface area contributed by atoms with E-state index < -0.39 is 0 Å². The van der Waals surface area contributed by atoms with Crippen LogP contribution in [0.5, 0.6) is 5.75 Å². The minimum absolute atomic E-state index is 0.0146. The number of aromatic nitrogens is 1. The van der Waals surface area contributed by atoms with Crippen molar-refractivity contribution >= 4 is 16.7 Å². The summed E-state index contributed by atoms with van der Waals surface area (Å²) >= 11 is 0. The van der Waals surface area contributed by atoms with Gasteiger partial charge in [-0.2, -0.15) is 0 Å². The van der Waals surface area contributed by atoms with Crippen molar-refractivity contribution in [3.63, 3.8) is 0 Å². The van der Waals surface area contributed by atoms with Crippen LogP contribution in [0.4, 0.5) is 0 Å². The van der Waals surface area contributed by atoms with Crippen LogP contribution in [0.3, 0.4) is 0 Å². The van der Waals surface area contributed by atoms with Gasteiger partial charge in [-0.25, -0.2) is 0 Å². The smallest absolute Gasteiger partial charge is 0.197 e. The van der Waals surface area contributed by atoms with E-state index in [1.54, 1.807) is 19.2 Å². The maximum absolute atomic E-state index is 12.8. The SMILES string of the molecule is COc1ccccc1C(=O)c1cccc2c1ccn2C. The molecule has 0 spiro atoms. The molecule has 3 nitrogen and oxygen atoms in total.